The van der Waals surface area contributed by atoms with Gasteiger partial charge in [0.25, 0.3) is 0 Å². The summed E-state index contributed by atoms with van der Waals surface area (Å²) in [7, 11) is 0. The highest BCUT2D eigenvalue weighted by Crippen LogP contribution is 2.35. The molecule has 3 aromatic rings. The number of aromatic amines is 1. The molecule has 0 aliphatic carbocycles. The Morgan fingerprint density at radius 2 is 1.77 bits per heavy atom. The van der Waals surface area contributed by atoms with Crippen molar-refractivity contribution < 1.29 is 9.90 Å². The van der Waals surface area contributed by atoms with Gasteiger partial charge < -0.3 is 10.1 Å². The number of H-pyrrole nitrogens is 1. The first-order valence-corrected chi connectivity index (χ1v) is 7.37. The Morgan fingerprint density at radius 3 is 2.55 bits per heavy atom. The second-order valence-electron chi connectivity index (χ2n) is 5.67. The van der Waals surface area contributed by atoms with Gasteiger partial charge in [-0.15, -0.1) is 0 Å². The van der Waals surface area contributed by atoms with Crippen LogP contribution in [0.2, 0.25) is 0 Å². The van der Waals surface area contributed by atoms with E-state index in [9.17, 15) is 9.90 Å². The predicted molar refractivity (Wildman–Crippen MR) is 84.8 cm³/mol. The predicted octanol–water partition coefficient (Wildman–Crippen LogP) is 2.86. The number of carbonyl (C=O) groups is 1. The summed E-state index contributed by atoms with van der Waals surface area (Å²) in [5.74, 6) is -0.808. The lowest BCUT2D eigenvalue weighted by Crippen LogP contribution is -2.44. The van der Waals surface area contributed by atoms with Gasteiger partial charge in [0.15, 0.2) is 0 Å². The number of rotatable bonds is 2. The van der Waals surface area contributed by atoms with Gasteiger partial charge in [-0.1, -0.05) is 48.5 Å². The molecule has 0 spiro atoms. The van der Waals surface area contributed by atoms with Crippen molar-refractivity contribution in [3.63, 3.8) is 0 Å². The molecule has 1 aliphatic heterocycles. The Hall–Kier alpha value is -2.59. The van der Waals surface area contributed by atoms with Crippen molar-refractivity contribution in [1.29, 1.82) is 0 Å². The molecule has 0 bridgehead atoms. The lowest BCUT2D eigenvalue weighted by molar-refractivity contribution is -0.139. The molecule has 1 aliphatic rings. The van der Waals surface area contributed by atoms with Gasteiger partial charge in [-0.3, -0.25) is 10.1 Å². The molecule has 4 heteroatoms. The van der Waals surface area contributed by atoms with E-state index in [1.54, 1.807) is 0 Å². The van der Waals surface area contributed by atoms with Crippen LogP contribution in [0.5, 0.6) is 0 Å². The fourth-order valence-electron chi connectivity index (χ4n) is 3.30. The molecular weight excluding hydrogens is 276 g/mol. The van der Waals surface area contributed by atoms with Crippen LogP contribution >= 0.6 is 0 Å². The Balaban J connectivity index is 1.91. The monoisotopic (exact) mass is 292 g/mol. The average Bonchev–Trinajstić information content (AvgIpc) is 2.93. The summed E-state index contributed by atoms with van der Waals surface area (Å²) < 4.78 is 0. The molecule has 1 aromatic heterocycles. The highest BCUT2D eigenvalue weighted by molar-refractivity contribution is 5.87. The van der Waals surface area contributed by atoms with Crippen LogP contribution in [-0.4, -0.2) is 22.1 Å². The fourth-order valence-corrected chi connectivity index (χ4v) is 3.30. The SMILES string of the molecule is O=C(O)[C@@H]1Cc2c([nH]c3ccccc23)[C@H](c2ccccc2)N1. The van der Waals surface area contributed by atoms with Crippen LogP contribution in [0.25, 0.3) is 10.9 Å². The van der Waals surface area contributed by atoms with E-state index in [2.05, 4.69) is 16.4 Å². The number of hydrogen-bond acceptors (Lipinski definition) is 2. The highest BCUT2D eigenvalue weighted by atomic mass is 16.4. The van der Waals surface area contributed by atoms with Crippen molar-refractivity contribution in [2.45, 2.75) is 18.5 Å². The summed E-state index contributed by atoms with van der Waals surface area (Å²) in [5, 5.41) is 13.8. The maximum absolute atomic E-state index is 11.5. The van der Waals surface area contributed by atoms with Crippen molar-refractivity contribution in [2.75, 3.05) is 0 Å². The summed E-state index contributed by atoms with van der Waals surface area (Å²) in [6, 6.07) is 17.3. The van der Waals surface area contributed by atoms with Crippen LogP contribution in [0.1, 0.15) is 22.9 Å². The number of para-hydroxylation sites is 1. The molecule has 110 valence electrons. The van der Waals surface area contributed by atoms with Gasteiger partial charge in [0, 0.05) is 23.0 Å². The summed E-state index contributed by atoms with van der Waals surface area (Å²) in [5.41, 5.74) is 4.31. The molecule has 0 fully saturated rings. The lowest BCUT2D eigenvalue weighted by atomic mass is 9.90. The quantitative estimate of drug-likeness (QED) is 0.680. The van der Waals surface area contributed by atoms with Gasteiger partial charge in [-0.2, -0.15) is 0 Å². The van der Waals surface area contributed by atoms with E-state index in [-0.39, 0.29) is 6.04 Å². The fraction of sp³-hybridized carbons (Fsp3) is 0.167. The minimum atomic E-state index is -0.808. The largest absolute Gasteiger partial charge is 0.480 e. The zero-order chi connectivity index (χ0) is 15.1. The maximum atomic E-state index is 11.5. The van der Waals surface area contributed by atoms with Gasteiger partial charge in [0.2, 0.25) is 0 Å². The minimum Gasteiger partial charge on any atom is -0.480 e. The molecule has 2 atom stereocenters. The first-order chi connectivity index (χ1) is 10.7. The molecule has 2 aromatic carbocycles. The summed E-state index contributed by atoms with van der Waals surface area (Å²) in [4.78, 5) is 15.0. The number of fused-ring (bicyclic) bond motifs is 3. The number of hydrogen-bond donors (Lipinski definition) is 3. The molecular formula is C18H16N2O2. The third-order valence-corrected chi connectivity index (χ3v) is 4.34. The smallest absolute Gasteiger partial charge is 0.321 e. The van der Waals surface area contributed by atoms with E-state index < -0.39 is 12.0 Å². The molecule has 0 radical (unpaired) electrons. The molecule has 4 rings (SSSR count). The standard InChI is InChI=1S/C18H16N2O2/c21-18(22)15-10-13-12-8-4-5-9-14(12)19-17(13)16(20-15)11-6-2-1-3-7-11/h1-9,15-16,19-20H,10H2,(H,21,22)/t15-,16-/m0/s1. The van der Waals surface area contributed by atoms with Gasteiger partial charge >= 0.3 is 5.97 Å². The third kappa shape index (κ3) is 2.00. The van der Waals surface area contributed by atoms with E-state index >= 15 is 0 Å². The van der Waals surface area contributed by atoms with E-state index in [1.807, 2.05) is 48.5 Å². The minimum absolute atomic E-state index is 0.126. The van der Waals surface area contributed by atoms with Crippen molar-refractivity contribution in [3.05, 3.63) is 71.4 Å². The van der Waals surface area contributed by atoms with Gasteiger partial charge in [0.1, 0.15) is 6.04 Å². The van der Waals surface area contributed by atoms with Crippen LogP contribution < -0.4 is 5.32 Å². The number of carboxylic acids is 1. The van der Waals surface area contributed by atoms with Gasteiger partial charge in [0.05, 0.1) is 6.04 Å². The van der Waals surface area contributed by atoms with Crippen molar-refractivity contribution in [2.24, 2.45) is 0 Å². The average molecular weight is 292 g/mol. The second-order valence-corrected chi connectivity index (χ2v) is 5.67. The molecule has 4 nitrogen and oxygen atoms in total. The molecule has 2 heterocycles. The normalized spacial score (nSPS) is 20.7. The molecule has 0 saturated carbocycles. The topological polar surface area (TPSA) is 65.1 Å². The molecule has 22 heavy (non-hydrogen) atoms. The van der Waals surface area contributed by atoms with E-state index in [0.717, 1.165) is 27.7 Å². The summed E-state index contributed by atoms with van der Waals surface area (Å²) in [6.45, 7) is 0. The number of aliphatic carboxylic acids is 1. The van der Waals surface area contributed by atoms with Gasteiger partial charge in [-0.05, 0) is 17.2 Å². The van der Waals surface area contributed by atoms with E-state index in [0.29, 0.717) is 6.42 Å². The number of benzene rings is 2. The summed E-state index contributed by atoms with van der Waals surface area (Å²) >= 11 is 0. The van der Waals surface area contributed by atoms with E-state index in [1.165, 1.54) is 0 Å². The zero-order valence-electron chi connectivity index (χ0n) is 11.9. The highest BCUT2D eigenvalue weighted by Gasteiger charge is 2.33. The first-order valence-electron chi connectivity index (χ1n) is 7.37. The number of carboxylic acid groups (broad SMARTS) is 1. The summed E-state index contributed by atoms with van der Waals surface area (Å²) in [6.07, 6.45) is 0.498. The van der Waals surface area contributed by atoms with Crippen LogP contribution in [0.4, 0.5) is 0 Å². The Bertz CT molecular complexity index is 839. The molecule has 3 N–H and O–H groups in total. The van der Waals surface area contributed by atoms with E-state index in [4.69, 9.17) is 0 Å². The first kappa shape index (κ1) is 13.1. The third-order valence-electron chi connectivity index (χ3n) is 4.34. The van der Waals surface area contributed by atoms with Crippen LogP contribution in [-0.2, 0) is 11.2 Å². The Morgan fingerprint density at radius 1 is 1.05 bits per heavy atom. The zero-order valence-corrected chi connectivity index (χ0v) is 11.9. The lowest BCUT2D eigenvalue weighted by Gasteiger charge is -2.29. The van der Waals surface area contributed by atoms with Crippen molar-refractivity contribution >= 4 is 16.9 Å². The number of aromatic nitrogens is 1. The molecule has 0 unspecified atom stereocenters. The van der Waals surface area contributed by atoms with Gasteiger partial charge in [-0.25, -0.2) is 0 Å². The van der Waals surface area contributed by atoms with Crippen molar-refractivity contribution in [1.82, 2.24) is 10.3 Å². The molecule has 0 saturated heterocycles. The maximum Gasteiger partial charge on any atom is 0.321 e. The second kappa shape index (κ2) is 5.00. The van der Waals surface area contributed by atoms with Crippen LogP contribution in [0, 0.1) is 0 Å². The molecule has 0 amide bonds. The number of nitrogens with one attached hydrogen (secondary N) is 2. The van der Waals surface area contributed by atoms with Crippen LogP contribution in [0.15, 0.2) is 54.6 Å². The van der Waals surface area contributed by atoms with Crippen molar-refractivity contribution in [3.8, 4) is 0 Å². The Kier molecular flexibility index (Phi) is 2.98. The van der Waals surface area contributed by atoms with Crippen LogP contribution in [0.3, 0.4) is 0 Å². The Labute approximate surface area is 127 Å².